The summed E-state index contributed by atoms with van der Waals surface area (Å²) in [5.41, 5.74) is 0. The lowest BCUT2D eigenvalue weighted by Crippen LogP contribution is -2.31. The summed E-state index contributed by atoms with van der Waals surface area (Å²) in [7, 11) is 0. The van der Waals surface area contributed by atoms with Crippen molar-refractivity contribution in [2.75, 3.05) is 12.4 Å². The first-order chi connectivity index (χ1) is 10.9. The van der Waals surface area contributed by atoms with Crippen LogP contribution in [0.2, 0.25) is 0 Å². The summed E-state index contributed by atoms with van der Waals surface area (Å²) in [6, 6.07) is 8.24. The van der Waals surface area contributed by atoms with Crippen molar-refractivity contribution in [3.63, 3.8) is 0 Å². The SMILES string of the molecule is c1ccc2c(c1)OC[C@@H](CSc1nnnn1C1CCCC1)O2. The quantitative estimate of drug-likeness (QED) is 0.808. The fourth-order valence-electron chi connectivity index (χ4n) is 2.97. The molecular weight excluding hydrogens is 300 g/mol. The molecule has 4 rings (SSSR count). The second-order valence-electron chi connectivity index (χ2n) is 5.65. The molecule has 0 unspecified atom stereocenters. The van der Waals surface area contributed by atoms with Gasteiger partial charge in [-0.15, -0.1) is 5.10 Å². The van der Waals surface area contributed by atoms with Gasteiger partial charge in [0.25, 0.3) is 0 Å². The van der Waals surface area contributed by atoms with Gasteiger partial charge in [-0.3, -0.25) is 0 Å². The van der Waals surface area contributed by atoms with Gasteiger partial charge >= 0.3 is 0 Å². The van der Waals surface area contributed by atoms with Gasteiger partial charge in [0, 0.05) is 5.75 Å². The van der Waals surface area contributed by atoms with Crippen molar-refractivity contribution in [3.05, 3.63) is 24.3 Å². The fourth-order valence-corrected chi connectivity index (χ4v) is 3.88. The standard InChI is InChI=1S/C15H18N4O2S/c1-2-6-11(5-1)19-15(16-17-18-19)22-10-12-9-20-13-7-3-4-8-14(13)21-12/h3-4,7-8,11-12H,1-2,5-6,9-10H2/t12-/m0/s1. The maximum Gasteiger partial charge on any atom is 0.209 e. The van der Waals surface area contributed by atoms with Crippen LogP contribution < -0.4 is 9.47 Å². The average molecular weight is 318 g/mol. The largest absolute Gasteiger partial charge is 0.486 e. The van der Waals surface area contributed by atoms with Gasteiger partial charge in [0.1, 0.15) is 12.7 Å². The van der Waals surface area contributed by atoms with E-state index in [2.05, 4.69) is 15.5 Å². The molecule has 1 saturated carbocycles. The summed E-state index contributed by atoms with van der Waals surface area (Å²) in [5.74, 6) is 2.41. The van der Waals surface area contributed by atoms with E-state index in [0.717, 1.165) is 22.4 Å². The monoisotopic (exact) mass is 318 g/mol. The number of rotatable bonds is 4. The van der Waals surface area contributed by atoms with Crippen LogP contribution in [-0.2, 0) is 0 Å². The molecule has 1 aliphatic carbocycles. The lowest BCUT2D eigenvalue weighted by molar-refractivity contribution is 0.107. The molecule has 22 heavy (non-hydrogen) atoms. The Labute approximate surface area is 133 Å². The van der Waals surface area contributed by atoms with Gasteiger partial charge in [0.15, 0.2) is 11.5 Å². The van der Waals surface area contributed by atoms with Crippen molar-refractivity contribution in [1.29, 1.82) is 0 Å². The van der Waals surface area contributed by atoms with Crippen LogP contribution in [0, 0.1) is 0 Å². The van der Waals surface area contributed by atoms with Crippen molar-refractivity contribution in [1.82, 2.24) is 20.2 Å². The topological polar surface area (TPSA) is 62.1 Å². The third-order valence-electron chi connectivity index (χ3n) is 4.10. The molecule has 116 valence electrons. The minimum absolute atomic E-state index is 0.0219. The summed E-state index contributed by atoms with van der Waals surface area (Å²) in [6.45, 7) is 0.564. The van der Waals surface area contributed by atoms with Gasteiger partial charge < -0.3 is 9.47 Å². The number of hydrogen-bond donors (Lipinski definition) is 0. The van der Waals surface area contributed by atoms with Gasteiger partial charge in [0.2, 0.25) is 5.16 Å². The van der Waals surface area contributed by atoms with Gasteiger partial charge in [-0.2, -0.15) is 0 Å². The van der Waals surface area contributed by atoms with Crippen LogP contribution in [-0.4, -0.2) is 38.7 Å². The van der Waals surface area contributed by atoms with E-state index in [0.29, 0.717) is 12.6 Å². The van der Waals surface area contributed by atoms with E-state index in [4.69, 9.17) is 9.47 Å². The smallest absolute Gasteiger partial charge is 0.209 e. The van der Waals surface area contributed by atoms with Crippen LogP contribution in [0.5, 0.6) is 11.5 Å². The Morgan fingerprint density at radius 3 is 2.86 bits per heavy atom. The van der Waals surface area contributed by atoms with Crippen molar-refractivity contribution in [2.24, 2.45) is 0 Å². The van der Waals surface area contributed by atoms with E-state index < -0.39 is 0 Å². The Bertz CT molecular complexity index is 642. The minimum Gasteiger partial charge on any atom is -0.486 e. The highest BCUT2D eigenvalue weighted by Crippen LogP contribution is 2.34. The second-order valence-corrected chi connectivity index (χ2v) is 6.64. The molecule has 1 atom stereocenters. The summed E-state index contributed by atoms with van der Waals surface area (Å²) < 4.78 is 13.7. The molecule has 2 aromatic rings. The van der Waals surface area contributed by atoms with Crippen molar-refractivity contribution < 1.29 is 9.47 Å². The van der Waals surface area contributed by atoms with E-state index in [1.165, 1.54) is 25.7 Å². The van der Waals surface area contributed by atoms with Crippen molar-refractivity contribution in [2.45, 2.75) is 43.0 Å². The van der Waals surface area contributed by atoms with Gasteiger partial charge in [-0.05, 0) is 35.4 Å². The van der Waals surface area contributed by atoms with Gasteiger partial charge in [0.05, 0.1) is 6.04 Å². The predicted octanol–water partition coefficient (Wildman–Crippen LogP) is 2.72. The second kappa shape index (κ2) is 6.16. The lowest BCUT2D eigenvalue weighted by atomic mass is 10.3. The number of aromatic nitrogens is 4. The van der Waals surface area contributed by atoms with Crippen molar-refractivity contribution in [3.8, 4) is 11.5 Å². The number of fused-ring (bicyclic) bond motifs is 1. The molecule has 7 heteroatoms. The number of para-hydroxylation sites is 2. The van der Waals surface area contributed by atoms with Crippen molar-refractivity contribution >= 4 is 11.8 Å². The molecule has 6 nitrogen and oxygen atoms in total. The number of tetrazole rings is 1. The van der Waals surface area contributed by atoms with E-state index in [1.54, 1.807) is 11.8 Å². The number of hydrogen-bond acceptors (Lipinski definition) is 6. The van der Waals surface area contributed by atoms with Crippen LogP contribution in [0.15, 0.2) is 29.4 Å². The van der Waals surface area contributed by atoms with Crippen LogP contribution in [0.4, 0.5) is 0 Å². The molecular formula is C15H18N4O2S. The number of benzene rings is 1. The summed E-state index contributed by atoms with van der Waals surface area (Å²) >= 11 is 1.64. The molecule has 0 bridgehead atoms. The summed E-state index contributed by atoms with van der Waals surface area (Å²) in [6.07, 6.45) is 4.91. The van der Waals surface area contributed by atoms with E-state index in [-0.39, 0.29) is 6.10 Å². The zero-order valence-electron chi connectivity index (χ0n) is 12.2. The molecule has 2 aliphatic rings. The van der Waals surface area contributed by atoms with Crippen LogP contribution in [0.1, 0.15) is 31.7 Å². The molecule has 1 aromatic carbocycles. The van der Waals surface area contributed by atoms with E-state index in [1.807, 2.05) is 28.9 Å². The number of nitrogens with zero attached hydrogens (tertiary/aromatic N) is 4. The first-order valence-corrected chi connectivity index (χ1v) is 8.68. The molecule has 0 amide bonds. The molecule has 0 N–H and O–H groups in total. The normalized spacial score (nSPS) is 21.2. The first kappa shape index (κ1) is 13.9. The molecule has 1 aromatic heterocycles. The Morgan fingerprint density at radius 2 is 2.00 bits per heavy atom. The summed E-state index contributed by atoms with van der Waals surface area (Å²) in [4.78, 5) is 0. The highest BCUT2D eigenvalue weighted by atomic mass is 32.2. The Hall–Kier alpha value is -1.76. The molecule has 1 fully saturated rings. The van der Waals surface area contributed by atoms with Crippen LogP contribution >= 0.6 is 11.8 Å². The maximum absolute atomic E-state index is 5.97. The lowest BCUT2D eigenvalue weighted by Gasteiger charge is -2.26. The summed E-state index contributed by atoms with van der Waals surface area (Å²) in [5, 5.41) is 13.0. The fraction of sp³-hybridized carbons (Fsp3) is 0.533. The third kappa shape index (κ3) is 2.77. The zero-order chi connectivity index (χ0) is 14.8. The highest BCUT2D eigenvalue weighted by molar-refractivity contribution is 7.99. The van der Waals surface area contributed by atoms with Gasteiger partial charge in [-0.1, -0.05) is 36.7 Å². The molecule has 1 aliphatic heterocycles. The first-order valence-electron chi connectivity index (χ1n) is 7.69. The Balaban J connectivity index is 1.39. The van der Waals surface area contributed by atoms with Crippen LogP contribution in [0.25, 0.3) is 0 Å². The zero-order valence-corrected chi connectivity index (χ0v) is 13.0. The Kier molecular flexibility index (Phi) is 3.88. The molecule has 2 heterocycles. The highest BCUT2D eigenvalue weighted by Gasteiger charge is 2.24. The van der Waals surface area contributed by atoms with E-state index in [9.17, 15) is 0 Å². The van der Waals surface area contributed by atoms with Gasteiger partial charge in [-0.25, -0.2) is 4.68 Å². The predicted molar refractivity (Wildman–Crippen MR) is 82.4 cm³/mol. The number of ether oxygens (including phenoxy) is 2. The van der Waals surface area contributed by atoms with Crippen LogP contribution in [0.3, 0.4) is 0 Å². The maximum atomic E-state index is 5.97. The molecule has 0 radical (unpaired) electrons. The third-order valence-corrected chi connectivity index (χ3v) is 5.16. The molecule has 0 saturated heterocycles. The minimum atomic E-state index is 0.0219. The number of thioether (sulfide) groups is 1. The van der Waals surface area contributed by atoms with E-state index >= 15 is 0 Å². The average Bonchev–Trinajstić information content (AvgIpc) is 3.23. The molecule has 0 spiro atoms. The Morgan fingerprint density at radius 1 is 1.18 bits per heavy atom.